The Morgan fingerprint density at radius 3 is 2.59 bits per heavy atom. The summed E-state index contributed by atoms with van der Waals surface area (Å²) in [5.41, 5.74) is 2.69. The van der Waals surface area contributed by atoms with Gasteiger partial charge in [0.2, 0.25) is 5.91 Å². The maximum absolute atomic E-state index is 12.3. The smallest absolute Gasteiger partial charge is 0.264 e. The monoisotopic (exact) mass is 385 g/mol. The van der Waals surface area contributed by atoms with Gasteiger partial charge in [-0.25, -0.2) is 0 Å². The standard InChI is InChI=1S/C21H27N3O2S/c1-16-6-3-4-7-17(16)14-24-11-9-18(10-12-24)22-20(25)15-23(2)21(26)19-8-5-13-27-19/h3-8,13,18H,9-12,14-15H2,1-2H3,(H,22,25). The summed E-state index contributed by atoms with van der Waals surface area (Å²) in [6, 6.07) is 12.3. The molecule has 0 unspecified atom stereocenters. The van der Waals surface area contributed by atoms with Crippen LogP contribution in [-0.2, 0) is 11.3 Å². The van der Waals surface area contributed by atoms with E-state index < -0.39 is 0 Å². The summed E-state index contributed by atoms with van der Waals surface area (Å²) in [6.45, 7) is 5.16. The van der Waals surface area contributed by atoms with E-state index in [1.54, 1.807) is 13.1 Å². The average Bonchev–Trinajstić information content (AvgIpc) is 3.19. The van der Waals surface area contributed by atoms with E-state index in [0.717, 1.165) is 32.5 Å². The van der Waals surface area contributed by atoms with Crippen LogP contribution in [0.25, 0.3) is 0 Å². The summed E-state index contributed by atoms with van der Waals surface area (Å²) in [5, 5.41) is 4.96. The van der Waals surface area contributed by atoms with Gasteiger partial charge in [-0.2, -0.15) is 0 Å². The SMILES string of the molecule is Cc1ccccc1CN1CCC(NC(=O)CN(C)C(=O)c2cccs2)CC1. The van der Waals surface area contributed by atoms with Crippen molar-refractivity contribution in [1.29, 1.82) is 0 Å². The van der Waals surface area contributed by atoms with Gasteiger partial charge in [0.05, 0.1) is 11.4 Å². The Labute approximate surface area is 165 Å². The van der Waals surface area contributed by atoms with E-state index in [-0.39, 0.29) is 24.4 Å². The highest BCUT2D eigenvalue weighted by atomic mass is 32.1. The Hall–Kier alpha value is -2.18. The number of aryl methyl sites for hydroxylation is 1. The Morgan fingerprint density at radius 1 is 1.19 bits per heavy atom. The highest BCUT2D eigenvalue weighted by Gasteiger charge is 2.22. The number of carbonyl (C=O) groups is 2. The number of hydrogen-bond acceptors (Lipinski definition) is 4. The van der Waals surface area contributed by atoms with Gasteiger partial charge in [-0.05, 0) is 42.3 Å². The molecule has 27 heavy (non-hydrogen) atoms. The lowest BCUT2D eigenvalue weighted by Crippen LogP contribution is -2.47. The van der Waals surface area contributed by atoms with Crippen molar-refractivity contribution in [3.63, 3.8) is 0 Å². The molecule has 0 aliphatic carbocycles. The highest BCUT2D eigenvalue weighted by Crippen LogP contribution is 2.16. The largest absolute Gasteiger partial charge is 0.352 e. The minimum absolute atomic E-state index is 0.0836. The average molecular weight is 386 g/mol. The maximum Gasteiger partial charge on any atom is 0.264 e. The Bertz CT molecular complexity index is 767. The van der Waals surface area contributed by atoms with E-state index in [0.29, 0.717) is 4.88 Å². The van der Waals surface area contributed by atoms with Crippen molar-refractivity contribution in [3.05, 3.63) is 57.8 Å². The first-order chi connectivity index (χ1) is 13.0. The number of thiophene rings is 1. The molecule has 1 aliphatic heterocycles. The van der Waals surface area contributed by atoms with Gasteiger partial charge in [0.1, 0.15) is 0 Å². The zero-order valence-electron chi connectivity index (χ0n) is 16.0. The summed E-state index contributed by atoms with van der Waals surface area (Å²) in [4.78, 5) is 29.1. The first-order valence-corrected chi connectivity index (χ1v) is 10.3. The number of benzene rings is 1. The van der Waals surface area contributed by atoms with E-state index in [2.05, 4.69) is 41.4 Å². The lowest BCUT2D eigenvalue weighted by atomic mass is 10.0. The van der Waals surface area contributed by atoms with Crippen molar-refractivity contribution in [2.24, 2.45) is 0 Å². The van der Waals surface area contributed by atoms with E-state index in [1.165, 1.54) is 27.4 Å². The number of likely N-dealkylation sites (N-methyl/N-ethyl adjacent to an activating group) is 1. The summed E-state index contributed by atoms with van der Waals surface area (Å²) >= 11 is 1.40. The van der Waals surface area contributed by atoms with Gasteiger partial charge in [-0.15, -0.1) is 11.3 Å². The normalized spacial score (nSPS) is 15.5. The minimum atomic E-state index is -0.104. The molecule has 144 valence electrons. The van der Waals surface area contributed by atoms with Crippen LogP contribution in [0.2, 0.25) is 0 Å². The Kier molecular flexibility index (Phi) is 6.63. The molecule has 5 nitrogen and oxygen atoms in total. The van der Waals surface area contributed by atoms with Crippen molar-refractivity contribution in [2.75, 3.05) is 26.7 Å². The zero-order chi connectivity index (χ0) is 19.2. The first kappa shape index (κ1) is 19.6. The number of carbonyl (C=O) groups excluding carboxylic acids is 2. The third-order valence-corrected chi connectivity index (χ3v) is 5.93. The maximum atomic E-state index is 12.3. The van der Waals surface area contributed by atoms with Crippen LogP contribution in [0, 0.1) is 6.92 Å². The highest BCUT2D eigenvalue weighted by molar-refractivity contribution is 7.12. The summed E-state index contributed by atoms with van der Waals surface area (Å²) < 4.78 is 0. The fourth-order valence-corrected chi connectivity index (χ4v) is 4.13. The second kappa shape index (κ2) is 9.15. The molecule has 1 aromatic carbocycles. The summed E-state index contributed by atoms with van der Waals surface area (Å²) in [5.74, 6) is -0.187. The van der Waals surface area contributed by atoms with Crippen LogP contribution in [0.1, 0.15) is 33.6 Å². The molecule has 0 spiro atoms. The van der Waals surface area contributed by atoms with Crippen LogP contribution in [0.5, 0.6) is 0 Å². The molecule has 2 heterocycles. The predicted octanol–water partition coefficient (Wildman–Crippen LogP) is 2.91. The number of piperidine rings is 1. The molecular formula is C21H27N3O2S. The lowest BCUT2D eigenvalue weighted by molar-refractivity contribution is -0.122. The molecule has 0 atom stereocenters. The van der Waals surface area contributed by atoms with E-state index in [1.807, 2.05) is 11.4 Å². The van der Waals surface area contributed by atoms with Gasteiger partial charge in [-0.1, -0.05) is 30.3 Å². The number of nitrogens with zero attached hydrogens (tertiary/aromatic N) is 2. The molecule has 2 amide bonds. The molecular weight excluding hydrogens is 358 g/mol. The quantitative estimate of drug-likeness (QED) is 0.832. The van der Waals surface area contributed by atoms with Crippen LogP contribution >= 0.6 is 11.3 Å². The molecule has 2 aromatic rings. The first-order valence-electron chi connectivity index (χ1n) is 9.38. The number of nitrogens with one attached hydrogen (secondary N) is 1. The van der Waals surface area contributed by atoms with Crippen molar-refractivity contribution in [1.82, 2.24) is 15.1 Å². The van der Waals surface area contributed by atoms with Gasteiger partial charge < -0.3 is 10.2 Å². The summed E-state index contributed by atoms with van der Waals surface area (Å²) in [7, 11) is 1.67. The lowest BCUT2D eigenvalue weighted by Gasteiger charge is -2.33. The van der Waals surface area contributed by atoms with Crippen LogP contribution in [-0.4, -0.2) is 54.3 Å². The molecule has 0 saturated carbocycles. The van der Waals surface area contributed by atoms with Gasteiger partial charge in [0, 0.05) is 32.7 Å². The summed E-state index contributed by atoms with van der Waals surface area (Å²) in [6.07, 6.45) is 1.89. The van der Waals surface area contributed by atoms with Crippen molar-refractivity contribution in [2.45, 2.75) is 32.4 Å². The van der Waals surface area contributed by atoms with Crippen molar-refractivity contribution in [3.8, 4) is 0 Å². The van der Waals surface area contributed by atoms with Gasteiger partial charge >= 0.3 is 0 Å². The van der Waals surface area contributed by atoms with E-state index >= 15 is 0 Å². The third kappa shape index (κ3) is 5.40. The number of amides is 2. The molecule has 1 N–H and O–H groups in total. The van der Waals surface area contributed by atoms with Gasteiger partial charge in [0.15, 0.2) is 0 Å². The van der Waals surface area contributed by atoms with Gasteiger partial charge in [-0.3, -0.25) is 14.5 Å². The van der Waals surface area contributed by atoms with Crippen LogP contribution in [0.15, 0.2) is 41.8 Å². The topological polar surface area (TPSA) is 52.7 Å². The molecule has 1 aliphatic rings. The van der Waals surface area contributed by atoms with E-state index in [9.17, 15) is 9.59 Å². The second-order valence-corrected chi connectivity index (χ2v) is 8.13. The molecule has 0 bridgehead atoms. The predicted molar refractivity (Wildman–Crippen MR) is 109 cm³/mol. The Balaban J connectivity index is 1.41. The zero-order valence-corrected chi connectivity index (χ0v) is 16.8. The molecule has 1 saturated heterocycles. The third-order valence-electron chi connectivity index (χ3n) is 5.07. The number of rotatable bonds is 6. The number of hydrogen-bond donors (Lipinski definition) is 1. The van der Waals surface area contributed by atoms with Crippen LogP contribution in [0.4, 0.5) is 0 Å². The number of likely N-dealkylation sites (tertiary alicyclic amines) is 1. The fraction of sp³-hybridized carbons (Fsp3) is 0.429. The Morgan fingerprint density at radius 2 is 1.93 bits per heavy atom. The second-order valence-electron chi connectivity index (χ2n) is 7.18. The fourth-order valence-electron chi connectivity index (χ4n) is 3.41. The molecule has 3 rings (SSSR count). The molecule has 1 aromatic heterocycles. The van der Waals surface area contributed by atoms with Crippen molar-refractivity contribution >= 4 is 23.2 Å². The van der Waals surface area contributed by atoms with Crippen molar-refractivity contribution < 1.29 is 9.59 Å². The van der Waals surface area contributed by atoms with Crippen LogP contribution < -0.4 is 5.32 Å². The molecule has 6 heteroatoms. The van der Waals surface area contributed by atoms with E-state index in [4.69, 9.17) is 0 Å². The van der Waals surface area contributed by atoms with Gasteiger partial charge in [0.25, 0.3) is 5.91 Å². The van der Waals surface area contributed by atoms with Crippen LogP contribution in [0.3, 0.4) is 0 Å². The minimum Gasteiger partial charge on any atom is -0.352 e. The molecule has 0 radical (unpaired) electrons. The molecule has 1 fully saturated rings.